The van der Waals surface area contributed by atoms with Crippen molar-refractivity contribution in [3.05, 3.63) is 71.0 Å². The van der Waals surface area contributed by atoms with Gasteiger partial charge in [0.05, 0.1) is 11.1 Å². The second-order valence-electron chi connectivity index (χ2n) is 8.39. The molecule has 0 bridgehead atoms. The summed E-state index contributed by atoms with van der Waals surface area (Å²) in [5.41, 5.74) is -3.22. The molecule has 2 amide bonds. The second kappa shape index (κ2) is 9.27. The van der Waals surface area contributed by atoms with E-state index in [4.69, 9.17) is 4.42 Å². The molecule has 1 aliphatic heterocycles. The zero-order chi connectivity index (χ0) is 25.4. The van der Waals surface area contributed by atoms with E-state index < -0.39 is 35.0 Å². The first-order valence-corrected chi connectivity index (χ1v) is 10.8. The van der Waals surface area contributed by atoms with Crippen LogP contribution in [0.25, 0.3) is 11.0 Å². The molecule has 186 valence electrons. The van der Waals surface area contributed by atoms with Crippen LogP contribution < -0.4 is 5.32 Å². The Labute approximate surface area is 195 Å². The van der Waals surface area contributed by atoms with E-state index in [0.717, 1.165) is 5.39 Å². The summed E-state index contributed by atoms with van der Waals surface area (Å²) >= 11 is 0. The lowest BCUT2D eigenvalue weighted by atomic mass is 9.96. The van der Waals surface area contributed by atoms with Crippen LogP contribution in [0.3, 0.4) is 0 Å². The fraction of sp³-hybridized carbons (Fsp3) is 0.333. The molecule has 1 N–H and O–H groups in total. The lowest BCUT2D eigenvalue weighted by Gasteiger charge is -2.31. The van der Waals surface area contributed by atoms with Gasteiger partial charge < -0.3 is 14.6 Å². The molecule has 0 atom stereocenters. The Morgan fingerprint density at radius 1 is 0.914 bits per heavy atom. The first-order chi connectivity index (χ1) is 16.4. The topological polar surface area (TPSA) is 62.6 Å². The van der Waals surface area contributed by atoms with E-state index >= 15 is 0 Å². The van der Waals surface area contributed by atoms with Gasteiger partial charge >= 0.3 is 12.4 Å². The highest BCUT2D eigenvalue weighted by Crippen LogP contribution is 2.36. The van der Waals surface area contributed by atoms with Gasteiger partial charge in [0, 0.05) is 30.6 Å². The number of halogens is 6. The number of furan rings is 1. The smallest absolute Gasteiger partial charge is 0.416 e. The fourth-order valence-electron chi connectivity index (χ4n) is 4.01. The van der Waals surface area contributed by atoms with Gasteiger partial charge in [0.25, 0.3) is 11.8 Å². The van der Waals surface area contributed by atoms with Gasteiger partial charge in [-0.15, -0.1) is 0 Å². The number of nitrogens with one attached hydrogen (secondary N) is 1. The van der Waals surface area contributed by atoms with E-state index in [1.54, 1.807) is 23.1 Å². The van der Waals surface area contributed by atoms with Gasteiger partial charge in [0.15, 0.2) is 5.76 Å². The molecule has 3 aromatic rings. The number of alkyl halides is 6. The minimum absolute atomic E-state index is 0.0223. The molecule has 0 aliphatic carbocycles. The number of para-hydroxylation sites is 1. The fourth-order valence-corrected chi connectivity index (χ4v) is 4.01. The lowest BCUT2D eigenvalue weighted by molar-refractivity contribution is -0.143. The SMILES string of the molecule is O=C(NCC1CCN(C(=O)c2cc3ccccc3o2)CC1)c1cc(C(F)(F)F)cc(C(F)(F)F)c1. The molecule has 1 saturated heterocycles. The Morgan fingerprint density at radius 3 is 2.09 bits per heavy atom. The lowest BCUT2D eigenvalue weighted by Crippen LogP contribution is -2.41. The summed E-state index contributed by atoms with van der Waals surface area (Å²) in [5, 5.41) is 3.23. The van der Waals surface area contributed by atoms with Gasteiger partial charge in [0.2, 0.25) is 0 Å². The predicted molar refractivity (Wildman–Crippen MR) is 114 cm³/mol. The Hall–Kier alpha value is -3.50. The molecule has 0 saturated carbocycles. The molecule has 0 unspecified atom stereocenters. The number of hydrogen-bond donors (Lipinski definition) is 1. The van der Waals surface area contributed by atoms with Crippen molar-refractivity contribution in [3.63, 3.8) is 0 Å². The average molecular weight is 498 g/mol. The third-order valence-corrected chi connectivity index (χ3v) is 5.94. The number of likely N-dealkylation sites (tertiary alicyclic amines) is 1. The van der Waals surface area contributed by atoms with E-state index in [2.05, 4.69) is 5.32 Å². The van der Waals surface area contributed by atoms with Gasteiger partial charge in [-0.3, -0.25) is 9.59 Å². The summed E-state index contributed by atoms with van der Waals surface area (Å²) in [5.74, 6) is -1.18. The Bertz CT molecular complexity index is 1170. The molecule has 1 aliphatic rings. The van der Waals surface area contributed by atoms with Crippen molar-refractivity contribution in [2.45, 2.75) is 25.2 Å². The molecule has 1 aromatic heterocycles. The first-order valence-electron chi connectivity index (χ1n) is 10.8. The molecule has 0 spiro atoms. The maximum atomic E-state index is 13.0. The monoisotopic (exact) mass is 498 g/mol. The standard InChI is InChI=1S/C24H20F6N2O3/c25-23(26,27)17-9-16(10-18(12-17)24(28,29)30)21(33)31-13-14-5-7-32(8-6-14)22(34)20-11-15-3-1-2-4-19(15)35-20/h1-4,9-12,14H,5-8,13H2,(H,31,33). The van der Waals surface area contributed by atoms with Crippen molar-refractivity contribution in [3.8, 4) is 0 Å². The van der Waals surface area contributed by atoms with Gasteiger partial charge in [-0.05, 0) is 49.1 Å². The van der Waals surface area contributed by atoms with Crippen LogP contribution in [0.15, 0.2) is 52.9 Å². The van der Waals surface area contributed by atoms with Crippen molar-refractivity contribution >= 4 is 22.8 Å². The van der Waals surface area contributed by atoms with Gasteiger partial charge in [-0.25, -0.2) is 0 Å². The molecular formula is C24H20F6N2O3. The maximum absolute atomic E-state index is 13.0. The van der Waals surface area contributed by atoms with Gasteiger partial charge in [-0.1, -0.05) is 18.2 Å². The molecule has 11 heteroatoms. The average Bonchev–Trinajstić information content (AvgIpc) is 3.25. The number of amides is 2. The Morgan fingerprint density at radius 2 is 1.51 bits per heavy atom. The predicted octanol–water partition coefficient (Wildman–Crippen LogP) is 5.75. The molecule has 35 heavy (non-hydrogen) atoms. The molecule has 0 radical (unpaired) electrons. The summed E-state index contributed by atoms with van der Waals surface area (Å²) < 4.78 is 83.7. The number of benzene rings is 2. The highest BCUT2D eigenvalue weighted by molar-refractivity contribution is 5.96. The number of carbonyl (C=O) groups excluding carboxylic acids is 2. The summed E-state index contributed by atoms with van der Waals surface area (Å²) in [6.07, 6.45) is -9.06. The summed E-state index contributed by atoms with van der Waals surface area (Å²) in [6, 6.07) is 9.65. The molecular weight excluding hydrogens is 478 g/mol. The number of piperidine rings is 1. The van der Waals surface area contributed by atoms with Crippen LogP contribution in [0.1, 0.15) is 44.9 Å². The number of hydrogen-bond acceptors (Lipinski definition) is 3. The minimum atomic E-state index is -5.03. The molecule has 4 rings (SSSR count). The molecule has 2 aromatic carbocycles. The van der Waals surface area contributed by atoms with Crippen LogP contribution in [-0.4, -0.2) is 36.3 Å². The molecule has 2 heterocycles. The van der Waals surface area contributed by atoms with Crippen molar-refractivity contribution in [2.24, 2.45) is 5.92 Å². The van der Waals surface area contributed by atoms with E-state index in [1.807, 2.05) is 12.1 Å². The van der Waals surface area contributed by atoms with Gasteiger partial charge in [0.1, 0.15) is 5.58 Å². The Kier molecular flexibility index (Phi) is 6.52. The third kappa shape index (κ3) is 5.60. The van der Waals surface area contributed by atoms with Crippen LogP contribution in [0.2, 0.25) is 0 Å². The van der Waals surface area contributed by atoms with Crippen LogP contribution in [-0.2, 0) is 12.4 Å². The number of nitrogens with zero attached hydrogens (tertiary/aromatic N) is 1. The molecule has 1 fully saturated rings. The third-order valence-electron chi connectivity index (χ3n) is 5.94. The number of rotatable bonds is 4. The largest absolute Gasteiger partial charge is 0.451 e. The van der Waals surface area contributed by atoms with Gasteiger partial charge in [-0.2, -0.15) is 26.3 Å². The zero-order valence-electron chi connectivity index (χ0n) is 18.2. The van der Waals surface area contributed by atoms with E-state index in [0.29, 0.717) is 43.6 Å². The highest BCUT2D eigenvalue weighted by Gasteiger charge is 2.37. The normalized spacial score (nSPS) is 15.4. The van der Waals surface area contributed by atoms with Crippen molar-refractivity contribution in [1.82, 2.24) is 10.2 Å². The van der Waals surface area contributed by atoms with Crippen LogP contribution in [0.4, 0.5) is 26.3 Å². The Balaban J connectivity index is 1.35. The maximum Gasteiger partial charge on any atom is 0.416 e. The van der Waals surface area contributed by atoms with Crippen LogP contribution in [0, 0.1) is 5.92 Å². The number of carbonyl (C=O) groups is 2. The zero-order valence-corrected chi connectivity index (χ0v) is 18.2. The van der Waals surface area contributed by atoms with Crippen molar-refractivity contribution in [1.29, 1.82) is 0 Å². The highest BCUT2D eigenvalue weighted by atomic mass is 19.4. The summed E-state index contributed by atoms with van der Waals surface area (Å²) in [4.78, 5) is 26.7. The quantitative estimate of drug-likeness (QED) is 0.466. The van der Waals surface area contributed by atoms with Crippen molar-refractivity contribution in [2.75, 3.05) is 19.6 Å². The van der Waals surface area contributed by atoms with E-state index in [9.17, 15) is 35.9 Å². The van der Waals surface area contributed by atoms with E-state index in [1.165, 1.54) is 0 Å². The van der Waals surface area contributed by atoms with Crippen molar-refractivity contribution < 1.29 is 40.3 Å². The number of fused-ring (bicyclic) bond motifs is 1. The van der Waals surface area contributed by atoms with Crippen LogP contribution in [0.5, 0.6) is 0 Å². The summed E-state index contributed by atoms with van der Waals surface area (Å²) in [7, 11) is 0. The van der Waals surface area contributed by atoms with Crippen LogP contribution >= 0.6 is 0 Å². The van der Waals surface area contributed by atoms with E-state index in [-0.39, 0.29) is 30.2 Å². The first kappa shape index (κ1) is 24.6. The summed E-state index contributed by atoms with van der Waals surface area (Å²) in [6.45, 7) is 0.805. The second-order valence-corrected chi connectivity index (χ2v) is 8.39. The molecule has 5 nitrogen and oxygen atoms in total. The minimum Gasteiger partial charge on any atom is -0.451 e.